The smallest absolute Gasteiger partial charge is 0.418 e. The molecule has 3 aliphatic rings. The minimum absolute atomic E-state index is 0.317. The normalized spacial score (nSPS) is 23.6. The summed E-state index contributed by atoms with van der Waals surface area (Å²) in [5.74, 6) is 0. The molecular weight excluding hydrogens is 1020 g/mol. The van der Waals surface area contributed by atoms with E-state index in [1.807, 2.05) is 0 Å². The summed E-state index contributed by atoms with van der Waals surface area (Å²) in [5.41, 5.74) is 3.27. The van der Waals surface area contributed by atoms with Crippen molar-refractivity contribution >= 4 is 55.7 Å². The molecule has 0 N–H and O–H groups in total. The molecule has 3 rings (SSSR count). The second kappa shape index (κ2) is 33.1. The van der Waals surface area contributed by atoms with Crippen LogP contribution in [0.2, 0.25) is 0 Å². The minimum Gasteiger partial charge on any atom is -0.418 e. The van der Waals surface area contributed by atoms with Crippen molar-refractivity contribution in [3.05, 3.63) is 0 Å². The van der Waals surface area contributed by atoms with Crippen molar-refractivity contribution in [2.75, 3.05) is 149 Å². The fraction of sp³-hybridized carbons (Fsp3) is 0.942. The summed E-state index contributed by atoms with van der Waals surface area (Å²) in [6.45, 7) is 67.5. The van der Waals surface area contributed by atoms with Gasteiger partial charge in [0.2, 0.25) is 0 Å². The van der Waals surface area contributed by atoms with Gasteiger partial charge in [0.05, 0.1) is 0 Å². The van der Waals surface area contributed by atoms with E-state index >= 15 is 0 Å². The maximum atomic E-state index is 9.75. The number of hydrogen-bond donors (Lipinski definition) is 0. The van der Waals surface area contributed by atoms with Crippen LogP contribution >= 0.6 is 32.1 Å². The number of rotatable bonds is 33. The molecule has 0 spiro atoms. The molecule has 0 aliphatic carbocycles. The molecule has 74 heavy (non-hydrogen) atoms. The average Bonchev–Trinajstić information content (AvgIpc) is 4.05. The van der Waals surface area contributed by atoms with Crippen molar-refractivity contribution in [3.8, 4) is 0 Å². The van der Waals surface area contributed by atoms with Gasteiger partial charge in [-0.1, -0.05) is 139 Å². The predicted molar refractivity (Wildman–Crippen MR) is 326 cm³/mol. The summed E-state index contributed by atoms with van der Waals surface area (Å²) in [7, 11) is -11.5. The van der Waals surface area contributed by atoms with E-state index in [0.717, 1.165) is 169 Å². The van der Waals surface area contributed by atoms with Crippen LogP contribution in [0.15, 0.2) is 14.3 Å². The zero-order valence-electron chi connectivity index (χ0n) is 51.1. The zero-order chi connectivity index (χ0) is 56.2. The highest BCUT2D eigenvalue weighted by atomic mass is 31.2. The molecule has 0 aromatic carbocycles. The van der Waals surface area contributed by atoms with Crippen LogP contribution in [0.5, 0.6) is 0 Å². The Morgan fingerprint density at radius 1 is 0.338 bits per heavy atom. The van der Waals surface area contributed by atoms with Gasteiger partial charge in [0.25, 0.3) is 0 Å². The monoisotopic (exact) mass is 1130 g/mol. The standard InChI is InChI=1S/C52H112N13P4.BF4/c1-21-56(22-2)50(57(23-3)24-4)41-44-66(62(33-13)34-14)47(50)53-69(65(39-19)40-20,54-48-51(58(25-5)26-6,59(27-7)28-8)42-45-67(48)63(35-15)36-16)55-49-52(60(29-9)30-10,61(31-11)32-12)43-46-68(49)64(37-17)38-18;2-1(3,4)5/h21-46H2,1-20H3;/q+1;-1/b53-47-,54-48-,55-49-;. The molecule has 3 heterocycles. The van der Waals surface area contributed by atoms with Gasteiger partial charge < -0.3 is 17.3 Å². The highest BCUT2D eigenvalue weighted by Gasteiger charge is 2.64. The summed E-state index contributed by atoms with van der Waals surface area (Å²) in [6.07, 6.45) is 6.72. The highest BCUT2D eigenvalue weighted by molar-refractivity contribution is 7.81. The van der Waals surface area contributed by atoms with E-state index < -0.39 is 39.3 Å². The molecule has 3 fully saturated rings. The Bertz CT molecular complexity index is 1450. The first-order chi connectivity index (χ1) is 35.3. The third-order valence-electron chi connectivity index (χ3n) is 16.6. The quantitative estimate of drug-likeness (QED) is 0.0275. The highest BCUT2D eigenvalue weighted by Crippen LogP contribution is 2.75. The van der Waals surface area contributed by atoms with Gasteiger partial charge in [-0.05, 0) is 169 Å². The van der Waals surface area contributed by atoms with Crippen molar-refractivity contribution in [1.82, 2.24) is 48.1 Å². The lowest BCUT2D eigenvalue weighted by Gasteiger charge is -2.50. The van der Waals surface area contributed by atoms with Crippen molar-refractivity contribution in [3.63, 3.8) is 0 Å². The predicted octanol–water partition coefficient (Wildman–Crippen LogP) is 13.1. The van der Waals surface area contributed by atoms with Crippen LogP contribution < -0.4 is 0 Å². The van der Waals surface area contributed by atoms with Crippen molar-refractivity contribution in [1.29, 1.82) is 0 Å². The minimum atomic E-state index is -6.00. The van der Waals surface area contributed by atoms with Crippen LogP contribution in [0, 0.1) is 0 Å². The molecule has 3 aliphatic heterocycles. The molecule has 0 bridgehead atoms. The van der Waals surface area contributed by atoms with E-state index in [4.69, 9.17) is 14.3 Å². The van der Waals surface area contributed by atoms with E-state index in [9.17, 15) is 17.3 Å². The molecule has 0 radical (unpaired) electrons. The van der Waals surface area contributed by atoms with Crippen LogP contribution in [0.3, 0.4) is 0 Å². The maximum Gasteiger partial charge on any atom is 0.673 e. The first kappa shape index (κ1) is 70.2. The Labute approximate surface area is 457 Å². The fourth-order valence-electron chi connectivity index (χ4n) is 13.1. The Morgan fingerprint density at radius 2 is 0.514 bits per heavy atom. The maximum absolute atomic E-state index is 9.75. The Hall–Kier alpha value is 0.115. The molecule has 0 aromatic heterocycles. The van der Waals surface area contributed by atoms with Crippen LogP contribution in [-0.4, -0.2) is 238 Å². The largest absolute Gasteiger partial charge is 0.673 e. The molecule has 0 aromatic rings. The first-order valence-corrected chi connectivity index (χ1v) is 35.7. The van der Waals surface area contributed by atoms with Gasteiger partial charge in [-0.15, -0.1) is 4.67 Å². The van der Waals surface area contributed by atoms with Gasteiger partial charge in [-0.25, -0.2) is 0 Å². The van der Waals surface area contributed by atoms with Crippen LogP contribution in [-0.2, 0) is 0 Å². The number of hydrogen-bond acceptors (Lipinski definition) is 13. The van der Waals surface area contributed by atoms with Gasteiger partial charge >= 0.3 is 15.1 Å². The van der Waals surface area contributed by atoms with Crippen molar-refractivity contribution in [2.45, 2.75) is 175 Å². The summed E-state index contributed by atoms with van der Waals surface area (Å²) < 4.78 is 70.9. The van der Waals surface area contributed by atoms with Crippen LogP contribution in [0.4, 0.5) is 17.3 Å². The molecule has 22 heteroatoms. The fourth-order valence-corrected chi connectivity index (χ4v) is 26.3. The third kappa shape index (κ3) is 14.8. The van der Waals surface area contributed by atoms with Gasteiger partial charge in [-0.2, -0.15) is 0 Å². The lowest BCUT2D eigenvalue weighted by atomic mass is 10.0. The number of nitrogens with zero attached hydrogens (tertiary/aromatic N) is 13. The summed E-state index contributed by atoms with van der Waals surface area (Å²) in [6, 6.07) is 0. The lowest BCUT2D eigenvalue weighted by molar-refractivity contribution is 0.00871. The molecule has 3 saturated heterocycles. The SMILES string of the molecule is CCN(CC)P1CCC(N(CC)CC)(N(CC)CC)/C1=N/[P+](/N=C1\P(N(CC)CC)CCC1(N(CC)CC)N(CC)CC)(/N=C1\P(N(CC)CC)CCC1(N(CC)CC)N(CC)CC)N(CC)CC.F[B-](F)(F)F. The Kier molecular flexibility index (Phi) is 31.4. The summed E-state index contributed by atoms with van der Waals surface area (Å²) in [4.78, 5) is 16.9. The van der Waals surface area contributed by atoms with Crippen molar-refractivity contribution in [2.24, 2.45) is 14.3 Å². The van der Waals surface area contributed by atoms with Gasteiger partial charge in [0.15, 0.2) is 0 Å². The molecular formula is C52H112BF4N13P4. The van der Waals surface area contributed by atoms with E-state index in [1.165, 1.54) is 16.4 Å². The summed E-state index contributed by atoms with van der Waals surface area (Å²) in [5, 5.41) is 0. The Morgan fingerprint density at radius 3 is 0.649 bits per heavy atom. The summed E-state index contributed by atoms with van der Waals surface area (Å²) >= 11 is 0. The second-order valence-electron chi connectivity index (χ2n) is 19.0. The van der Waals surface area contributed by atoms with Crippen LogP contribution in [0.1, 0.15) is 158 Å². The molecule has 3 unspecified atom stereocenters. The van der Waals surface area contributed by atoms with E-state index in [2.05, 4.69) is 187 Å². The second-order valence-corrected chi connectivity index (χ2v) is 27.9. The molecule has 0 saturated carbocycles. The molecule has 13 nitrogen and oxygen atoms in total. The molecule has 0 amide bonds. The van der Waals surface area contributed by atoms with Crippen molar-refractivity contribution < 1.29 is 17.3 Å². The Balaban J connectivity index is 0.00000356. The average molecular weight is 1130 g/mol. The molecule has 3 atom stereocenters. The van der Waals surface area contributed by atoms with Gasteiger partial charge in [0, 0.05) is 37.3 Å². The topological polar surface area (TPSA) is 69.5 Å². The zero-order valence-corrected chi connectivity index (χ0v) is 54.7. The number of halogens is 4. The van der Waals surface area contributed by atoms with Gasteiger partial charge in [-0.3, -0.25) is 43.4 Å². The van der Waals surface area contributed by atoms with E-state index in [-0.39, 0.29) is 17.0 Å². The lowest BCUT2D eigenvalue weighted by Crippen LogP contribution is -2.64. The molecule has 436 valence electrons. The van der Waals surface area contributed by atoms with Crippen LogP contribution in [0.25, 0.3) is 0 Å². The van der Waals surface area contributed by atoms with E-state index in [0.29, 0.717) is 0 Å². The third-order valence-corrected chi connectivity index (χ3v) is 28.3. The van der Waals surface area contributed by atoms with E-state index in [1.54, 1.807) is 0 Å². The first-order valence-electron chi connectivity index (χ1n) is 29.7. The van der Waals surface area contributed by atoms with Gasteiger partial charge in [0.1, 0.15) is 33.3 Å².